The van der Waals surface area contributed by atoms with E-state index in [2.05, 4.69) is 32.5 Å². The molecule has 3 rings (SSSR count). The average molecular weight is 581 g/mol. The molecule has 1 aliphatic rings. The molecule has 1 heterocycles. The number of nitrogen functional groups attached to an aromatic ring is 1. The summed E-state index contributed by atoms with van der Waals surface area (Å²) in [6.45, 7) is 3.83. The van der Waals surface area contributed by atoms with E-state index in [4.69, 9.17) is 18.0 Å². The first kappa shape index (κ1) is 29.4. The van der Waals surface area contributed by atoms with Gasteiger partial charge in [0.25, 0.3) is 11.8 Å². The number of benzene rings is 2. The third kappa shape index (κ3) is 7.26. The molecule has 12 nitrogen and oxygen atoms in total. The standard InChI is InChI=1S/C23H28N6O6S3/c1-3-4-5-6-13(2)29-38(34,35)19-11-14(24)7-9-17(19)16-10-8-15(12-18(16)37(32)33)27-28-20-21(30)25-23(36)26-22(20)31/h7-13,20,29H,3-6,24H2,1-2H3,(H,32,33)(H2,25,26,30,31,36). The summed E-state index contributed by atoms with van der Waals surface area (Å²) < 4.78 is 51.5. The molecule has 2 amide bonds. The van der Waals surface area contributed by atoms with Crippen molar-refractivity contribution in [1.82, 2.24) is 15.4 Å². The first-order valence-corrected chi connectivity index (χ1v) is 14.7. The monoisotopic (exact) mass is 580 g/mol. The molecule has 0 radical (unpaired) electrons. The Bertz CT molecular complexity index is 1390. The number of carbonyl (C=O) groups excluding carboxylic acids is 2. The van der Waals surface area contributed by atoms with Crippen LogP contribution in [0.1, 0.15) is 39.5 Å². The van der Waals surface area contributed by atoms with Gasteiger partial charge in [0, 0.05) is 22.9 Å². The summed E-state index contributed by atoms with van der Waals surface area (Å²) in [4.78, 5) is 23.7. The Hall–Kier alpha value is -3.11. The molecule has 15 heteroatoms. The highest BCUT2D eigenvalue weighted by Crippen LogP contribution is 2.35. The molecule has 2 aromatic rings. The lowest BCUT2D eigenvalue weighted by molar-refractivity contribution is -0.131. The number of hydrogen-bond donors (Lipinski definition) is 5. The van der Waals surface area contributed by atoms with Crippen molar-refractivity contribution in [3.8, 4) is 11.1 Å². The number of rotatable bonds is 11. The number of hydrogen-bond acceptors (Lipinski definition) is 9. The Morgan fingerprint density at radius 1 is 1.13 bits per heavy atom. The van der Waals surface area contributed by atoms with Gasteiger partial charge >= 0.3 is 0 Å². The average Bonchev–Trinajstić information content (AvgIpc) is 2.83. The molecule has 0 bridgehead atoms. The number of nitrogens with two attached hydrogens (primary N) is 1. The highest BCUT2D eigenvalue weighted by molar-refractivity contribution is 7.89. The van der Waals surface area contributed by atoms with Crippen molar-refractivity contribution in [2.75, 3.05) is 5.73 Å². The van der Waals surface area contributed by atoms with E-state index in [1.807, 2.05) is 0 Å². The van der Waals surface area contributed by atoms with Gasteiger partial charge in [0.15, 0.2) is 16.2 Å². The fourth-order valence-electron chi connectivity index (χ4n) is 3.75. The van der Waals surface area contributed by atoms with Gasteiger partial charge in [-0.2, -0.15) is 10.2 Å². The minimum Gasteiger partial charge on any atom is -0.399 e. The maximum absolute atomic E-state index is 13.3. The molecule has 0 saturated carbocycles. The maximum Gasteiger partial charge on any atom is 0.262 e. The number of azo groups is 1. The summed E-state index contributed by atoms with van der Waals surface area (Å²) in [5.74, 6) is -1.53. The van der Waals surface area contributed by atoms with E-state index in [1.54, 1.807) is 6.92 Å². The van der Waals surface area contributed by atoms with Gasteiger partial charge in [0.2, 0.25) is 16.1 Å². The third-order valence-electron chi connectivity index (χ3n) is 5.59. The number of sulfonamides is 1. The zero-order valence-corrected chi connectivity index (χ0v) is 23.1. The van der Waals surface area contributed by atoms with Crippen molar-refractivity contribution in [2.24, 2.45) is 10.2 Å². The Kier molecular flexibility index (Phi) is 9.78. The summed E-state index contributed by atoms with van der Waals surface area (Å²) in [6, 6.07) is 6.43. The van der Waals surface area contributed by atoms with Crippen LogP contribution in [0.5, 0.6) is 0 Å². The van der Waals surface area contributed by atoms with E-state index in [0.29, 0.717) is 6.42 Å². The van der Waals surface area contributed by atoms with E-state index in [-0.39, 0.29) is 43.4 Å². The highest BCUT2D eigenvalue weighted by atomic mass is 32.2. The van der Waals surface area contributed by atoms with Crippen LogP contribution in [0.4, 0.5) is 11.4 Å². The zero-order chi connectivity index (χ0) is 28.0. The Morgan fingerprint density at radius 3 is 2.42 bits per heavy atom. The molecule has 0 aliphatic carbocycles. The summed E-state index contributed by atoms with van der Waals surface area (Å²) >= 11 is 2.18. The van der Waals surface area contributed by atoms with Gasteiger partial charge in [-0.1, -0.05) is 38.3 Å². The Morgan fingerprint density at radius 2 is 1.79 bits per heavy atom. The lowest BCUT2D eigenvalue weighted by Crippen LogP contribution is -2.57. The number of carbonyl (C=O) groups is 2. The largest absolute Gasteiger partial charge is 0.399 e. The fraction of sp³-hybridized carbons (Fsp3) is 0.348. The predicted molar refractivity (Wildman–Crippen MR) is 146 cm³/mol. The number of nitrogens with one attached hydrogen (secondary N) is 3. The highest BCUT2D eigenvalue weighted by Gasteiger charge is 2.32. The van der Waals surface area contributed by atoms with E-state index in [9.17, 15) is 26.8 Å². The van der Waals surface area contributed by atoms with Gasteiger partial charge in [-0.05, 0) is 49.8 Å². The smallest absolute Gasteiger partial charge is 0.262 e. The number of anilines is 1. The lowest BCUT2D eigenvalue weighted by atomic mass is 10.0. The van der Waals surface area contributed by atoms with E-state index in [1.165, 1.54) is 36.4 Å². The summed E-state index contributed by atoms with van der Waals surface area (Å²) in [7, 11) is -4.04. The van der Waals surface area contributed by atoms with Crippen LogP contribution in [0.3, 0.4) is 0 Å². The van der Waals surface area contributed by atoms with Crippen LogP contribution in [0.15, 0.2) is 56.4 Å². The minimum atomic E-state index is -4.04. The predicted octanol–water partition coefficient (Wildman–Crippen LogP) is 2.75. The molecular weight excluding hydrogens is 552 g/mol. The molecule has 1 aliphatic heterocycles. The van der Waals surface area contributed by atoms with Gasteiger partial charge in [0.1, 0.15) is 0 Å². The number of thiocarbonyl (C=S) groups is 1. The van der Waals surface area contributed by atoms with Crippen molar-refractivity contribution >= 4 is 61.6 Å². The zero-order valence-electron chi connectivity index (χ0n) is 20.6. The second-order valence-electron chi connectivity index (χ2n) is 8.63. The van der Waals surface area contributed by atoms with Crippen molar-refractivity contribution in [3.05, 3.63) is 36.4 Å². The topological polar surface area (TPSA) is 192 Å². The number of amides is 2. The van der Waals surface area contributed by atoms with E-state index >= 15 is 0 Å². The first-order valence-electron chi connectivity index (χ1n) is 11.7. The molecular formula is C23H28N6O6S3. The fourth-order valence-corrected chi connectivity index (χ4v) is 6.07. The number of nitrogens with zero attached hydrogens (tertiary/aromatic N) is 2. The van der Waals surface area contributed by atoms with E-state index < -0.39 is 39.0 Å². The van der Waals surface area contributed by atoms with Gasteiger partial charge in [0.05, 0.1) is 15.5 Å². The summed E-state index contributed by atoms with van der Waals surface area (Å²) in [6.07, 6.45) is 3.50. The Balaban J connectivity index is 1.98. The van der Waals surface area contributed by atoms with Crippen molar-refractivity contribution in [3.63, 3.8) is 0 Å². The molecule has 0 spiro atoms. The van der Waals surface area contributed by atoms with Crippen LogP contribution in [0.2, 0.25) is 0 Å². The van der Waals surface area contributed by atoms with Crippen molar-refractivity contribution < 1.29 is 26.8 Å². The maximum atomic E-state index is 13.3. The van der Waals surface area contributed by atoms with Gasteiger partial charge < -0.3 is 20.9 Å². The molecule has 2 unspecified atom stereocenters. The Labute approximate surface area is 228 Å². The lowest BCUT2D eigenvalue weighted by Gasteiger charge is -2.18. The molecule has 2 atom stereocenters. The molecule has 2 aromatic carbocycles. The number of unbranched alkanes of at least 4 members (excludes halogenated alkanes) is 2. The third-order valence-corrected chi connectivity index (χ3v) is 8.14. The summed E-state index contributed by atoms with van der Waals surface area (Å²) in [5.41, 5.74) is 6.47. The van der Waals surface area contributed by atoms with Gasteiger partial charge in [-0.15, -0.1) is 0 Å². The normalized spacial score (nSPS) is 16.3. The molecule has 204 valence electrons. The summed E-state index contributed by atoms with van der Waals surface area (Å²) in [5, 5.41) is 11.9. The molecule has 38 heavy (non-hydrogen) atoms. The van der Waals surface area contributed by atoms with Crippen molar-refractivity contribution in [1.29, 1.82) is 0 Å². The first-order chi connectivity index (χ1) is 17.9. The van der Waals surface area contributed by atoms with E-state index in [0.717, 1.165) is 19.3 Å². The molecule has 1 saturated heterocycles. The molecule has 1 fully saturated rings. The van der Waals surface area contributed by atoms with Crippen LogP contribution in [0, 0.1) is 0 Å². The quantitative estimate of drug-likeness (QED) is 0.0668. The van der Waals surface area contributed by atoms with Gasteiger partial charge in [-0.3, -0.25) is 9.59 Å². The second-order valence-corrected chi connectivity index (χ2v) is 11.7. The van der Waals surface area contributed by atoms with Crippen LogP contribution in [-0.4, -0.2) is 46.2 Å². The molecule has 6 N–H and O–H groups in total. The van der Waals surface area contributed by atoms with Crippen LogP contribution >= 0.6 is 12.2 Å². The second kappa shape index (κ2) is 12.6. The van der Waals surface area contributed by atoms with Gasteiger partial charge in [-0.25, -0.2) is 17.3 Å². The molecule has 0 aromatic heterocycles. The van der Waals surface area contributed by atoms with Crippen LogP contribution < -0.4 is 21.1 Å². The SMILES string of the molecule is CCCCCC(C)NS(=O)(=O)c1cc(N)ccc1-c1ccc(N=NC2C(=O)NC(=S)NC2=O)cc1S(=O)O. The van der Waals surface area contributed by atoms with Crippen molar-refractivity contribution in [2.45, 2.75) is 61.4 Å². The minimum absolute atomic E-state index is 0.0578. The van der Waals surface area contributed by atoms with Crippen LogP contribution in [-0.2, 0) is 30.7 Å². The van der Waals surface area contributed by atoms with Crippen LogP contribution in [0.25, 0.3) is 11.1 Å².